The number of rotatable bonds is 3. The summed E-state index contributed by atoms with van der Waals surface area (Å²) in [5.41, 5.74) is 6.79. The van der Waals surface area contributed by atoms with Gasteiger partial charge >= 0.3 is 0 Å². The maximum absolute atomic E-state index is 5.96. The van der Waals surface area contributed by atoms with Gasteiger partial charge in [-0.15, -0.1) is 0 Å². The van der Waals surface area contributed by atoms with Crippen molar-refractivity contribution in [3.63, 3.8) is 0 Å². The fourth-order valence-corrected chi connectivity index (χ4v) is 2.40. The number of hydrogen-bond donors (Lipinski definition) is 2. The van der Waals surface area contributed by atoms with Gasteiger partial charge in [0, 0.05) is 11.6 Å². The summed E-state index contributed by atoms with van der Waals surface area (Å²) in [5, 5.41) is 1.08. The van der Waals surface area contributed by atoms with Gasteiger partial charge in [0.1, 0.15) is 17.4 Å². The molecule has 3 rings (SSSR count). The van der Waals surface area contributed by atoms with E-state index in [1.54, 1.807) is 6.20 Å². The van der Waals surface area contributed by atoms with Gasteiger partial charge in [0.15, 0.2) is 0 Å². The second kappa shape index (κ2) is 5.07. The van der Waals surface area contributed by atoms with Crippen molar-refractivity contribution >= 4 is 11.0 Å². The topological polar surface area (TPSA) is 64.1 Å². The molecule has 0 bridgehead atoms. The Balaban J connectivity index is 2.09. The minimum Gasteiger partial charge on any atom is -0.459 e. The zero-order valence-corrected chi connectivity index (χ0v) is 11.6. The summed E-state index contributed by atoms with van der Waals surface area (Å²) in [4.78, 5) is 4.38. The lowest BCUT2D eigenvalue weighted by Crippen LogP contribution is -2.29. The average Bonchev–Trinajstić information content (AvgIpc) is 2.85. The Labute approximate surface area is 117 Å². The summed E-state index contributed by atoms with van der Waals surface area (Å²) < 4.78 is 5.96. The Morgan fingerprint density at radius 3 is 2.75 bits per heavy atom. The molecule has 1 aromatic carbocycles. The molecular formula is C16H17N3O. The molecule has 4 heteroatoms. The molecule has 1 atom stereocenters. The highest BCUT2D eigenvalue weighted by molar-refractivity contribution is 5.81. The predicted octanol–water partition coefficient (Wildman–Crippen LogP) is 3.00. The molecule has 20 heavy (non-hydrogen) atoms. The second-order valence-electron chi connectivity index (χ2n) is 5.00. The van der Waals surface area contributed by atoms with Crippen LogP contribution in [0.4, 0.5) is 0 Å². The predicted molar refractivity (Wildman–Crippen MR) is 79.1 cm³/mol. The Morgan fingerprint density at radius 2 is 2.05 bits per heavy atom. The molecule has 2 aromatic heterocycles. The van der Waals surface area contributed by atoms with Gasteiger partial charge in [-0.05, 0) is 43.2 Å². The number of nitrogens with two attached hydrogens (primary N) is 1. The minimum atomic E-state index is -0.248. The number of aromatic nitrogens is 1. The number of nitrogens with one attached hydrogen (secondary N) is 1. The van der Waals surface area contributed by atoms with Gasteiger partial charge in [0.25, 0.3) is 0 Å². The molecule has 4 nitrogen and oxygen atoms in total. The molecule has 3 N–H and O–H groups in total. The zero-order valence-electron chi connectivity index (χ0n) is 11.6. The van der Waals surface area contributed by atoms with Crippen LogP contribution in [0.3, 0.4) is 0 Å². The fraction of sp³-hybridized carbons (Fsp3) is 0.188. The molecule has 0 aliphatic carbocycles. The normalized spacial score (nSPS) is 12.8. The molecule has 3 aromatic rings. The molecule has 0 fully saturated rings. The lowest BCUT2D eigenvalue weighted by molar-refractivity contribution is 0.470. The van der Waals surface area contributed by atoms with E-state index in [2.05, 4.69) is 10.4 Å². The van der Waals surface area contributed by atoms with Crippen LogP contribution in [0.25, 0.3) is 11.0 Å². The van der Waals surface area contributed by atoms with Crippen LogP contribution in [0.2, 0.25) is 0 Å². The maximum Gasteiger partial charge on any atom is 0.137 e. The van der Waals surface area contributed by atoms with Gasteiger partial charge in [-0.2, -0.15) is 0 Å². The number of nitrogens with zero attached hydrogens (tertiary/aromatic N) is 1. The van der Waals surface area contributed by atoms with Gasteiger partial charge in [0.05, 0.1) is 5.69 Å². The zero-order chi connectivity index (χ0) is 14.1. The van der Waals surface area contributed by atoms with Gasteiger partial charge < -0.3 is 4.42 Å². The van der Waals surface area contributed by atoms with Crippen molar-refractivity contribution in [3.05, 3.63) is 65.2 Å². The molecular weight excluding hydrogens is 250 g/mol. The van der Waals surface area contributed by atoms with Gasteiger partial charge in [-0.3, -0.25) is 10.8 Å². The molecule has 1 unspecified atom stereocenters. The minimum absolute atomic E-state index is 0.248. The number of hydrazine groups is 1. The van der Waals surface area contributed by atoms with E-state index in [0.717, 1.165) is 33.6 Å². The Hall–Kier alpha value is -2.17. The van der Waals surface area contributed by atoms with E-state index in [-0.39, 0.29) is 6.04 Å². The van der Waals surface area contributed by atoms with E-state index in [0.29, 0.717) is 0 Å². The third-order valence-corrected chi connectivity index (χ3v) is 3.44. The number of para-hydroxylation sites is 1. The molecule has 0 saturated carbocycles. The van der Waals surface area contributed by atoms with E-state index >= 15 is 0 Å². The number of aryl methyl sites for hydroxylation is 2. The number of fused-ring (bicyclic) bond motifs is 1. The first-order chi connectivity index (χ1) is 9.69. The van der Waals surface area contributed by atoms with Crippen molar-refractivity contribution in [2.75, 3.05) is 0 Å². The first kappa shape index (κ1) is 12.8. The van der Waals surface area contributed by atoms with Gasteiger partial charge in [-0.1, -0.05) is 18.2 Å². The summed E-state index contributed by atoms with van der Waals surface area (Å²) in [6, 6.07) is 11.8. The van der Waals surface area contributed by atoms with Crippen LogP contribution in [-0.2, 0) is 0 Å². The molecule has 0 spiro atoms. The Kier molecular flexibility index (Phi) is 3.26. The van der Waals surface area contributed by atoms with Crippen LogP contribution >= 0.6 is 0 Å². The smallest absolute Gasteiger partial charge is 0.137 e. The van der Waals surface area contributed by atoms with Crippen molar-refractivity contribution < 1.29 is 4.42 Å². The fourth-order valence-electron chi connectivity index (χ4n) is 2.40. The molecule has 0 saturated heterocycles. The average molecular weight is 267 g/mol. The number of pyridine rings is 1. The summed E-state index contributed by atoms with van der Waals surface area (Å²) in [5.74, 6) is 6.47. The van der Waals surface area contributed by atoms with Crippen LogP contribution < -0.4 is 11.3 Å². The number of benzene rings is 1. The molecule has 2 heterocycles. The molecule has 0 amide bonds. The molecule has 0 aliphatic heterocycles. The van der Waals surface area contributed by atoms with Crippen LogP contribution in [0.15, 0.2) is 47.0 Å². The SMILES string of the molecule is Cc1ccnc(C(NN)c2cc3cccc(C)c3o2)c1. The van der Waals surface area contributed by atoms with E-state index < -0.39 is 0 Å². The van der Waals surface area contributed by atoms with Crippen LogP contribution in [0.5, 0.6) is 0 Å². The van der Waals surface area contributed by atoms with E-state index in [1.165, 1.54) is 0 Å². The molecule has 0 aliphatic rings. The third-order valence-electron chi connectivity index (χ3n) is 3.44. The summed E-state index contributed by atoms with van der Waals surface area (Å²) in [7, 11) is 0. The number of hydrogen-bond acceptors (Lipinski definition) is 4. The Bertz CT molecular complexity index is 748. The van der Waals surface area contributed by atoms with Crippen molar-refractivity contribution in [1.82, 2.24) is 10.4 Å². The van der Waals surface area contributed by atoms with Crippen LogP contribution in [-0.4, -0.2) is 4.98 Å². The van der Waals surface area contributed by atoms with Gasteiger partial charge in [0.2, 0.25) is 0 Å². The van der Waals surface area contributed by atoms with Crippen molar-refractivity contribution in [3.8, 4) is 0 Å². The van der Waals surface area contributed by atoms with E-state index in [9.17, 15) is 0 Å². The first-order valence-corrected chi connectivity index (χ1v) is 6.57. The standard InChI is InChI=1S/C16H17N3O/c1-10-6-7-18-13(8-10)15(19-17)14-9-12-5-3-4-11(2)16(12)20-14/h3-9,15,19H,17H2,1-2H3. The monoisotopic (exact) mass is 267 g/mol. The highest BCUT2D eigenvalue weighted by atomic mass is 16.3. The number of furan rings is 1. The maximum atomic E-state index is 5.96. The van der Waals surface area contributed by atoms with Crippen molar-refractivity contribution in [2.24, 2.45) is 5.84 Å². The highest BCUT2D eigenvalue weighted by Gasteiger charge is 2.19. The van der Waals surface area contributed by atoms with Crippen LogP contribution in [0, 0.1) is 13.8 Å². The quantitative estimate of drug-likeness (QED) is 0.565. The van der Waals surface area contributed by atoms with E-state index in [1.807, 2.05) is 50.2 Å². The summed E-state index contributed by atoms with van der Waals surface area (Å²) >= 11 is 0. The second-order valence-corrected chi connectivity index (χ2v) is 5.00. The highest BCUT2D eigenvalue weighted by Crippen LogP contribution is 2.28. The molecule has 102 valence electrons. The largest absolute Gasteiger partial charge is 0.459 e. The lowest BCUT2D eigenvalue weighted by Gasteiger charge is -2.12. The van der Waals surface area contributed by atoms with Gasteiger partial charge in [-0.25, -0.2) is 5.43 Å². The first-order valence-electron chi connectivity index (χ1n) is 6.57. The Morgan fingerprint density at radius 1 is 1.20 bits per heavy atom. The van der Waals surface area contributed by atoms with Crippen molar-refractivity contribution in [2.45, 2.75) is 19.9 Å². The lowest BCUT2D eigenvalue weighted by atomic mass is 10.1. The molecule has 0 radical (unpaired) electrons. The summed E-state index contributed by atoms with van der Waals surface area (Å²) in [6.07, 6.45) is 1.78. The van der Waals surface area contributed by atoms with Crippen LogP contribution in [0.1, 0.15) is 28.6 Å². The third kappa shape index (κ3) is 2.19. The summed E-state index contributed by atoms with van der Waals surface area (Å²) in [6.45, 7) is 4.06. The van der Waals surface area contributed by atoms with Crippen molar-refractivity contribution in [1.29, 1.82) is 0 Å². The van der Waals surface area contributed by atoms with E-state index in [4.69, 9.17) is 10.3 Å².